The van der Waals surface area contributed by atoms with E-state index in [2.05, 4.69) is 15.0 Å². The molecule has 2 fully saturated rings. The van der Waals surface area contributed by atoms with Crippen molar-refractivity contribution in [1.82, 2.24) is 19.5 Å². The van der Waals surface area contributed by atoms with Crippen LogP contribution in [0.4, 0.5) is 0 Å². The molecule has 2 aliphatic heterocycles. The third-order valence-electron chi connectivity index (χ3n) is 5.29. The molecule has 2 aromatic rings. The Bertz CT molecular complexity index is 821. The summed E-state index contributed by atoms with van der Waals surface area (Å²) in [6.07, 6.45) is 1.07. The highest BCUT2D eigenvalue weighted by Crippen LogP contribution is 2.45. The summed E-state index contributed by atoms with van der Waals surface area (Å²) in [6, 6.07) is 0. The van der Waals surface area contributed by atoms with Crippen LogP contribution in [0.5, 0.6) is 0 Å². The van der Waals surface area contributed by atoms with Crippen LogP contribution in [0.1, 0.15) is 12.8 Å². The van der Waals surface area contributed by atoms with Crippen molar-refractivity contribution in [2.24, 2.45) is 0 Å². The molecular weight excluding hydrogens is 376 g/mol. The Hall–Kier alpha value is -1.34. The van der Waals surface area contributed by atoms with E-state index >= 15 is 0 Å². The Balaban J connectivity index is 1.87. The van der Waals surface area contributed by atoms with E-state index in [1.54, 1.807) is 4.57 Å². The first-order valence-electron chi connectivity index (χ1n) is 8.70. The molecule has 4 N–H and O–H groups in total. The van der Waals surface area contributed by atoms with Gasteiger partial charge in [0.1, 0.15) is 41.3 Å². The fourth-order valence-electron chi connectivity index (χ4n) is 3.96. The zero-order valence-electron chi connectivity index (χ0n) is 14.7. The van der Waals surface area contributed by atoms with Crippen LogP contribution in [0.3, 0.4) is 0 Å². The first-order chi connectivity index (χ1) is 13.1. The third kappa shape index (κ3) is 2.77. The van der Waals surface area contributed by atoms with Gasteiger partial charge in [-0.15, -0.1) is 11.8 Å². The molecule has 0 radical (unpaired) electrons. The lowest BCUT2D eigenvalue weighted by molar-refractivity contribution is -0.217. The van der Waals surface area contributed by atoms with Crippen molar-refractivity contribution >= 4 is 22.9 Å². The predicted molar refractivity (Wildman–Crippen MR) is 94.0 cm³/mol. The number of nitrogens with zero attached hydrogens (tertiary/aromatic N) is 4. The molecule has 4 rings (SSSR count). The smallest absolute Gasteiger partial charge is 0.203 e. The average Bonchev–Trinajstić information content (AvgIpc) is 3.40. The van der Waals surface area contributed by atoms with Gasteiger partial charge < -0.3 is 29.9 Å². The van der Waals surface area contributed by atoms with Crippen LogP contribution >= 0.6 is 11.8 Å². The Labute approximate surface area is 159 Å². The van der Waals surface area contributed by atoms with E-state index in [0.29, 0.717) is 29.0 Å². The van der Waals surface area contributed by atoms with Crippen molar-refractivity contribution in [3.05, 3.63) is 12.7 Å². The van der Waals surface area contributed by atoms with Crippen LogP contribution in [0.25, 0.3) is 11.2 Å². The second kappa shape index (κ2) is 7.24. The Kier molecular flexibility index (Phi) is 5.10. The van der Waals surface area contributed by atoms with Gasteiger partial charge in [0.2, 0.25) is 5.72 Å². The summed E-state index contributed by atoms with van der Waals surface area (Å²) in [5.41, 5.74) is -0.566. The first-order valence-corrected chi connectivity index (χ1v) is 9.93. The summed E-state index contributed by atoms with van der Waals surface area (Å²) in [7, 11) is 0. The molecule has 0 aliphatic carbocycles. The number of ether oxygens (including phenoxy) is 2. The normalized spacial score (nSPS) is 36.7. The van der Waals surface area contributed by atoms with Gasteiger partial charge in [-0.25, -0.2) is 15.0 Å². The van der Waals surface area contributed by atoms with Gasteiger partial charge in [0, 0.05) is 0 Å². The van der Waals surface area contributed by atoms with Crippen molar-refractivity contribution < 1.29 is 29.9 Å². The maximum absolute atomic E-state index is 11.0. The molecule has 6 atom stereocenters. The molecule has 0 spiro atoms. The fourth-order valence-corrected chi connectivity index (χ4v) is 4.45. The van der Waals surface area contributed by atoms with Crippen LogP contribution in [-0.4, -0.2) is 89.9 Å². The van der Waals surface area contributed by atoms with Crippen LogP contribution in [0.15, 0.2) is 17.7 Å². The minimum absolute atomic E-state index is 0.155. The molecule has 10 nitrogen and oxygen atoms in total. The number of thioether (sulfide) groups is 1. The molecular formula is C16H22N4O6S. The highest BCUT2D eigenvalue weighted by atomic mass is 32.2. The summed E-state index contributed by atoms with van der Waals surface area (Å²) in [4.78, 5) is 12.9. The molecule has 2 aliphatic rings. The predicted octanol–water partition coefficient (Wildman–Crippen LogP) is -1.15. The first kappa shape index (κ1) is 19.0. The van der Waals surface area contributed by atoms with Crippen molar-refractivity contribution in [1.29, 1.82) is 0 Å². The van der Waals surface area contributed by atoms with Gasteiger partial charge in [0.05, 0.1) is 25.6 Å². The van der Waals surface area contributed by atoms with E-state index in [0.717, 1.165) is 0 Å². The minimum atomic E-state index is -1.53. The number of fused-ring (bicyclic) bond motifs is 1. The van der Waals surface area contributed by atoms with E-state index in [4.69, 9.17) is 9.47 Å². The topological polar surface area (TPSA) is 143 Å². The second-order valence-electron chi connectivity index (χ2n) is 6.70. The van der Waals surface area contributed by atoms with Crippen LogP contribution in [0, 0.1) is 0 Å². The molecule has 27 heavy (non-hydrogen) atoms. The van der Waals surface area contributed by atoms with Crippen LogP contribution < -0.4 is 0 Å². The minimum Gasteiger partial charge on any atom is -0.394 e. The number of aliphatic hydroxyl groups excluding tert-OH is 4. The molecule has 1 unspecified atom stereocenters. The lowest BCUT2D eigenvalue weighted by Crippen LogP contribution is -2.54. The third-order valence-corrected chi connectivity index (χ3v) is 5.98. The van der Waals surface area contributed by atoms with Gasteiger partial charge in [-0.2, -0.15) is 0 Å². The molecule has 148 valence electrons. The quantitative estimate of drug-likeness (QED) is 0.360. The Morgan fingerprint density at radius 2 is 2.04 bits per heavy atom. The number of imidazole rings is 1. The summed E-state index contributed by atoms with van der Waals surface area (Å²) in [5, 5.41) is 41.1. The number of rotatable bonds is 5. The van der Waals surface area contributed by atoms with Crippen LogP contribution in [-0.2, 0) is 15.2 Å². The Morgan fingerprint density at radius 1 is 1.22 bits per heavy atom. The lowest BCUT2D eigenvalue weighted by Gasteiger charge is -2.38. The molecule has 0 saturated carbocycles. The largest absolute Gasteiger partial charge is 0.394 e. The molecule has 0 amide bonds. The van der Waals surface area contributed by atoms with Crippen molar-refractivity contribution in [2.45, 2.75) is 54.1 Å². The van der Waals surface area contributed by atoms with Gasteiger partial charge in [0.15, 0.2) is 5.65 Å². The summed E-state index contributed by atoms with van der Waals surface area (Å²) in [5.74, 6) is 0. The number of hydrogen-bond acceptors (Lipinski definition) is 10. The van der Waals surface area contributed by atoms with Gasteiger partial charge in [-0.05, 0) is 19.1 Å². The van der Waals surface area contributed by atoms with Gasteiger partial charge >= 0.3 is 0 Å². The number of hydrogen-bond donors (Lipinski definition) is 4. The zero-order valence-corrected chi connectivity index (χ0v) is 15.5. The van der Waals surface area contributed by atoms with Gasteiger partial charge in [0.25, 0.3) is 0 Å². The van der Waals surface area contributed by atoms with E-state index in [1.807, 2.05) is 6.26 Å². The molecule has 2 aromatic heterocycles. The summed E-state index contributed by atoms with van der Waals surface area (Å²) in [6.45, 7) is -0.619. The van der Waals surface area contributed by atoms with Gasteiger partial charge in [-0.1, -0.05) is 0 Å². The molecule has 4 heterocycles. The molecule has 0 bridgehead atoms. The SMILES string of the molecule is CSc1ncnc2c1ncn2C1([C@H]2CC[C@@H](CO)O2)O[C@H](CO)[C@@H](O)[C@H]1O. The molecule has 2 saturated heterocycles. The highest BCUT2D eigenvalue weighted by molar-refractivity contribution is 7.98. The van der Waals surface area contributed by atoms with E-state index in [9.17, 15) is 20.4 Å². The highest BCUT2D eigenvalue weighted by Gasteiger charge is 2.62. The van der Waals surface area contributed by atoms with E-state index < -0.39 is 36.7 Å². The molecule has 11 heteroatoms. The second-order valence-corrected chi connectivity index (χ2v) is 7.50. The van der Waals surface area contributed by atoms with E-state index in [-0.39, 0.29) is 12.7 Å². The zero-order chi connectivity index (χ0) is 19.2. The summed E-state index contributed by atoms with van der Waals surface area (Å²) >= 11 is 1.41. The standard InChI is InChI=1S/C16H22N4O6S/c1-27-15-11-14(17-6-18-15)20(7-19-11)16(10-3-2-8(4-21)25-10)13(24)12(23)9(5-22)26-16/h6-10,12-13,21-24H,2-5H2,1H3/t8-,9+,10+,12+,13+,16?/m0/s1. The number of aromatic nitrogens is 4. The van der Waals surface area contributed by atoms with Crippen molar-refractivity contribution in [3.63, 3.8) is 0 Å². The monoisotopic (exact) mass is 398 g/mol. The Morgan fingerprint density at radius 3 is 2.67 bits per heavy atom. The maximum Gasteiger partial charge on any atom is 0.203 e. The maximum atomic E-state index is 11.0. The van der Waals surface area contributed by atoms with E-state index in [1.165, 1.54) is 24.4 Å². The lowest BCUT2D eigenvalue weighted by atomic mass is 9.94. The van der Waals surface area contributed by atoms with Crippen molar-refractivity contribution in [2.75, 3.05) is 19.5 Å². The average molecular weight is 398 g/mol. The summed E-state index contributed by atoms with van der Waals surface area (Å²) < 4.78 is 13.5. The number of aliphatic hydroxyl groups is 4. The van der Waals surface area contributed by atoms with Gasteiger partial charge in [-0.3, -0.25) is 4.57 Å². The van der Waals surface area contributed by atoms with Crippen molar-refractivity contribution in [3.8, 4) is 0 Å². The molecule has 0 aromatic carbocycles. The van der Waals surface area contributed by atoms with Crippen LogP contribution in [0.2, 0.25) is 0 Å². The fraction of sp³-hybridized carbons (Fsp3) is 0.688.